The third kappa shape index (κ3) is 3.71. The Morgan fingerprint density at radius 3 is 2.36 bits per heavy atom. The van der Waals surface area contributed by atoms with Gasteiger partial charge in [-0.1, -0.05) is 12.1 Å². The number of aliphatic carboxylic acids is 1. The quantitative estimate of drug-likeness (QED) is 0.647. The van der Waals surface area contributed by atoms with Crippen LogP contribution in [0.3, 0.4) is 0 Å². The number of hydrogen-bond donors (Lipinski definition) is 2. The van der Waals surface area contributed by atoms with Gasteiger partial charge in [0.05, 0.1) is 17.6 Å². The number of carboxylic acids is 1. The van der Waals surface area contributed by atoms with Crippen LogP contribution in [-0.4, -0.2) is 26.8 Å². The number of carboxylic acid groups (broad SMARTS) is 1. The van der Waals surface area contributed by atoms with Gasteiger partial charge in [-0.3, -0.25) is 14.8 Å². The van der Waals surface area contributed by atoms with Gasteiger partial charge in [-0.15, -0.1) is 0 Å². The van der Waals surface area contributed by atoms with Gasteiger partial charge in [0.15, 0.2) is 0 Å². The molecule has 0 fully saturated rings. The Morgan fingerprint density at radius 1 is 1.08 bits per heavy atom. The monoisotopic (exact) mass is 343 g/mol. The number of nitrogens with zero attached hydrogens (tertiary/aromatic N) is 2. The molecule has 0 atom stereocenters. The molecule has 0 spiro atoms. The zero-order chi connectivity index (χ0) is 17.8. The highest BCUT2D eigenvalue weighted by Gasteiger charge is 2.12. The van der Waals surface area contributed by atoms with Crippen LogP contribution in [0.1, 0.15) is 6.42 Å². The fourth-order valence-electron chi connectivity index (χ4n) is 2.76. The van der Waals surface area contributed by atoms with Crippen molar-refractivity contribution in [3.8, 4) is 5.75 Å². The first-order chi connectivity index (χ1) is 12.1. The number of hydrogen-bond acceptors (Lipinski definition) is 3. The molecule has 0 aliphatic heterocycles. The number of nitrogens with one attached hydrogen (secondary N) is 1. The van der Waals surface area contributed by atoms with Crippen LogP contribution in [0.25, 0.3) is 11.0 Å². The van der Waals surface area contributed by atoms with Crippen LogP contribution in [0, 0.1) is 11.2 Å². The number of rotatable bonds is 7. The summed E-state index contributed by atoms with van der Waals surface area (Å²) in [5.41, 5.74) is 1.68. The number of carbonyl (C=O) groups is 1. The maximum atomic E-state index is 12.9. The smallest absolute Gasteiger partial charge is 0.323 e. The van der Waals surface area contributed by atoms with Gasteiger partial charge >= 0.3 is 5.97 Å². The molecule has 0 radical (unpaired) electrons. The lowest BCUT2D eigenvalue weighted by Gasteiger charge is -2.07. The Bertz CT molecular complexity index is 944. The summed E-state index contributed by atoms with van der Waals surface area (Å²) in [5, 5.41) is 17.3. The molecule has 6 nitrogen and oxygen atoms in total. The van der Waals surface area contributed by atoms with E-state index in [1.54, 1.807) is 16.7 Å². The average molecular weight is 343 g/mol. The van der Waals surface area contributed by atoms with Crippen molar-refractivity contribution in [1.29, 1.82) is 5.41 Å². The lowest BCUT2D eigenvalue weighted by atomic mass is 10.3. The summed E-state index contributed by atoms with van der Waals surface area (Å²) >= 11 is 0. The summed E-state index contributed by atoms with van der Waals surface area (Å²) in [5.74, 6) is -0.708. The lowest BCUT2D eigenvalue weighted by Crippen LogP contribution is -2.27. The van der Waals surface area contributed by atoms with Gasteiger partial charge in [0.1, 0.15) is 18.1 Å². The van der Waals surface area contributed by atoms with Gasteiger partial charge in [0.2, 0.25) is 5.62 Å². The molecule has 1 heterocycles. The zero-order valence-electron chi connectivity index (χ0n) is 13.5. The van der Waals surface area contributed by atoms with Gasteiger partial charge in [-0.05, 0) is 42.8 Å². The maximum absolute atomic E-state index is 12.9. The third-order valence-electron chi connectivity index (χ3n) is 3.88. The lowest BCUT2D eigenvalue weighted by molar-refractivity contribution is -0.137. The Balaban J connectivity index is 1.73. The van der Waals surface area contributed by atoms with Crippen LogP contribution in [0.2, 0.25) is 0 Å². The fourth-order valence-corrected chi connectivity index (χ4v) is 2.76. The predicted molar refractivity (Wildman–Crippen MR) is 89.9 cm³/mol. The van der Waals surface area contributed by atoms with E-state index in [9.17, 15) is 9.18 Å². The highest BCUT2D eigenvalue weighted by atomic mass is 19.1. The summed E-state index contributed by atoms with van der Waals surface area (Å²) in [6, 6.07) is 13.2. The Kier molecular flexibility index (Phi) is 4.83. The Labute approximate surface area is 143 Å². The minimum atomic E-state index is -0.985. The largest absolute Gasteiger partial charge is 0.494 e. The van der Waals surface area contributed by atoms with Gasteiger partial charge in [0, 0.05) is 6.54 Å². The maximum Gasteiger partial charge on any atom is 0.323 e. The van der Waals surface area contributed by atoms with E-state index in [4.69, 9.17) is 15.3 Å². The molecule has 0 aliphatic rings. The molecule has 25 heavy (non-hydrogen) atoms. The summed E-state index contributed by atoms with van der Waals surface area (Å²) in [6.07, 6.45) is 0.634. The molecule has 130 valence electrons. The van der Waals surface area contributed by atoms with Gasteiger partial charge in [-0.2, -0.15) is 0 Å². The molecule has 1 aromatic heterocycles. The molecule has 3 rings (SSSR count). The van der Waals surface area contributed by atoms with Crippen LogP contribution in [0.15, 0.2) is 48.5 Å². The molecule has 0 unspecified atom stereocenters. The number of ether oxygens (including phenoxy) is 1. The van der Waals surface area contributed by atoms with Crippen molar-refractivity contribution in [2.24, 2.45) is 0 Å². The summed E-state index contributed by atoms with van der Waals surface area (Å²) < 4.78 is 21.7. The van der Waals surface area contributed by atoms with E-state index in [-0.39, 0.29) is 18.0 Å². The van der Waals surface area contributed by atoms with E-state index in [1.165, 1.54) is 16.7 Å². The molecule has 0 amide bonds. The highest BCUT2D eigenvalue weighted by molar-refractivity contribution is 5.78. The van der Waals surface area contributed by atoms with E-state index >= 15 is 0 Å². The van der Waals surface area contributed by atoms with E-state index in [2.05, 4.69) is 0 Å². The van der Waals surface area contributed by atoms with Crippen LogP contribution < -0.4 is 10.4 Å². The van der Waals surface area contributed by atoms with Crippen molar-refractivity contribution in [3.05, 3.63) is 60.0 Å². The molecule has 3 aromatic rings. The van der Waals surface area contributed by atoms with Crippen molar-refractivity contribution >= 4 is 17.0 Å². The normalized spacial score (nSPS) is 10.9. The predicted octanol–water partition coefficient (Wildman–Crippen LogP) is 2.62. The number of halogens is 1. The highest BCUT2D eigenvalue weighted by Crippen LogP contribution is 2.14. The first-order valence-corrected chi connectivity index (χ1v) is 7.89. The van der Waals surface area contributed by atoms with Crippen LogP contribution in [0.5, 0.6) is 5.75 Å². The van der Waals surface area contributed by atoms with Gasteiger partial charge < -0.3 is 14.4 Å². The van der Waals surface area contributed by atoms with Gasteiger partial charge in [-0.25, -0.2) is 4.39 Å². The number of aromatic nitrogens is 2. The van der Waals surface area contributed by atoms with Crippen molar-refractivity contribution in [2.75, 3.05) is 6.61 Å². The van der Waals surface area contributed by atoms with Crippen LogP contribution in [0.4, 0.5) is 4.39 Å². The number of para-hydroxylation sites is 2. The topological polar surface area (TPSA) is 80.2 Å². The molecule has 0 aliphatic carbocycles. The number of imidazole rings is 1. The number of fused-ring (bicyclic) bond motifs is 1. The van der Waals surface area contributed by atoms with Crippen molar-refractivity contribution in [2.45, 2.75) is 19.5 Å². The molecule has 0 saturated carbocycles. The first kappa shape index (κ1) is 16.8. The summed E-state index contributed by atoms with van der Waals surface area (Å²) in [7, 11) is 0. The van der Waals surface area contributed by atoms with Crippen LogP contribution >= 0.6 is 0 Å². The number of benzene rings is 2. The van der Waals surface area contributed by atoms with E-state index < -0.39 is 5.97 Å². The second-order valence-corrected chi connectivity index (χ2v) is 5.60. The first-order valence-electron chi connectivity index (χ1n) is 7.89. The molecule has 0 saturated heterocycles. The van der Waals surface area contributed by atoms with Crippen molar-refractivity contribution in [1.82, 2.24) is 9.13 Å². The molecule has 7 heteroatoms. The SMILES string of the molecule is N=c1n(CCCOc2ccc(F)cc2)c2ccccc2n1CC(=O)O. The second kappa shape index (κ2) is 7.21. The fraction of sp³-hybridized carbons (Fsp3) is 0.222. The van der Waals surface area contributed by atoms with Crippen LogP contribution in [-0.2, 0) is 17.9 Å². The summed E-state index contributed by atoms with van der Waals surface area (Å²) in [4.78, 5) is 11.1. The van der Waals surface area contributed by atoms with Crippen molar-refractivity contribution in [3.63, 3.8) is 0 Å². The van der Waals surface area contributed by atoms with Crippen molar-refractivity contribution < 1.29 is 19.0 Å². The minimum Gasteiger partial charge on any atom is -0.494 e. The molecule has 2 aromatic carbocycles. The Hall–Kier alpha value is -3.09. The van der Waals surface area contributed by atoms with E-state index in [1.807, 2.05) is 24.3 Å². The minimum absolute atomic E-state index is 0.144. The average Bonchev–Trinajstić information content (AvgIpc) is 2.85. The third-order valence-corrected chi connectivity index (χ3v) is 3.88. The summed E-state index contributed by atoms with van der Waals surface area (Å²) in [6.45, 7) is 0.683. The standard InChI is InChI=1S/C18H18FN3O3/c19-13-6-8-14(9-7-13)25-11-3-10-21-15-4-1-2-5-16(15)22(18(21)20)12-17(23)24/h1-2,4-9,20H,3,10-12H2,(H,23,24). The van der Waals surface area contributed by atoms with Gasteiger partial charge in [0.25, 0.3) is 0 Å². The zero-order valence-corrected chi connectivity index (χ0v) is 13.5. The van der Waals surface area contributed by atoms with E-state index in [0.717, 1.165) is 5.52 Å². The van der Waals surface area contributed by atoms with E-state index in [0.29, 0.717) is 30.8 Å². The number of aryl methyl sites for hydroxylation is 1. The Morgan fingerprint density at radius 2 is 1.72 bits per heavy atom. The molecule has 2 N–H and O–H groups in total. The molecule has 0 bridgehead atoms. The second-order valence-electron chi connectivity index (χ2n) is 5.60. The molecular formula is C18H18FN3O3. The molecular weight excluding hydrogens is 325 g/mol.